The molecular weight excluding hydrogens is 384 g/mol. The quantitative estimate of drug-likeness (QED) is 0.646. The number of amides is 1. The summed E-state index contributed by atoms with van der Waals surface area (Å²) in [5, 5.41) is 4.94. The number of nitrogens with zero attached hydrogens (tertiary/aromatic N) is 6. The maximum Gasteiger partial charge on any atom is 0.345 e. The van der Waals surface area contributed by atoms with E-state index in [2.05, 4.69) is 10.1 Å². The van der Waals surface area contributed by atoms with Crippen molar-refractivity contribution in [2.24, 2.45) is 7.05 Å². The standard InChI is InChI=1S/C21H26N6O3/c1-14(2)27-19(23-24(3)21(27)30)15-7-6-10-25(11-15)18(28)12-26-13-22-17-9-5-4-8-16(17)20(26)29/h4-5,8-9,13-15H,6-7,10-12H2,1-3H3. The number of carbonyl (C=O) groups excluding carboxylic acids is 1. The third-order valence-electron chi connectivity index (χ3n) is 5.67. The summed E-state index contributed by atoms with van der Waals surface area (Å²) in [6.45, 7) is 4.97. The van der Waals surface area contributed by atoms with Gasteiger partial charge in [0.2, 0.25) is 5.91 Å². The Balaban J connectivity index is 1.55. The summed E-state index contributed by atoms with van der Waals surface area (Å²) in [7, 11) is 1.65. The fourth-order valence-electron chi connectivity index (χ4n) is 4.14. The molecule has 1 atom stereocenters. The average Bonchev–Trinajstić information content (AvgIpc) is 3.05. The van der Waals surface area contributed by atoms with Crippen molar-refractivity contribution in [3.8, 4) is 0 Å². The van der Waals surface area contributed by atoms with E-state index in [0.717, 1.165) is 18.7 Å². The van der Waals surface area contributed by atoms with Gasteiger partial charge in [0.1, 0.15) is 12.4 Å². The number of aryl methyl sites for hydroxylation is 1. The van der Waals surface area contributed by atoms with Crippen molar-refractivity contribution < 1.29 is 4.79 Å². The van der Waals surface area contributed by atoms with Crippen LogP contribution in [0.25, 0.3) is 10.9 Å². The van der Waals surface area contributed by atoms with E-state index < -0.39 is 0 Å². The third-order valence-corrected chi connectivity index (χ3v) is 5.67. The predicted molar refractivity (Wildman–Crippen MR) is 112 cm³/mol. The number of hydrogen-bond donors (Lipinski definition) is 0. The Morgan fingerprint density at radius 3 is 2.77 bits per heavy atom. The molecule has 1 saturated heterocycles. The zero-order valence-corrected chi connectivity index (χ0v) is 17.5. The molecular formula is C21H26N6O3. The molecule has 3 heterocycles. The van der Waals surface area contributed by atoms with E-state index in [-0.39, 0.29) is 35.7 Å². The van der Waals surface area contributed by atoms with E-state index >= 15 is 0 Å². The lowest BCUT2D eigenvalue weighted by Gasteiger charge is -2.32. The van der Waals surface area contributed by atoms with Crippen molar-refractivity contribution in [3.63, 3.8) is 0 Å². The number of likely N-dealkylation sites (tertiary alicyclic amines) is 1. The van der Waals surface area contributed by atoms with Crippen LogP contribution in [0.3, 0.4) is 0 Å². The molecule has 0 saturated carbocycles. The number of piperidine rings is 1. The molecule has 1 aliphatic heterocycles. The third kappa shape index (κ3) is 3.55. The molecule has 4 rings (SSSR count). The Kier molecular flexibility index (Phi) is 5.27. The molecule has 9 heteroatoms. The lowest BCUT2D eigenvalue weighted by Crippen LogP contribution is -2.43. The highest BCUT2D eigenvalue weighted by Crippen LogP contribution is 2.26. The van der Waals surface area contributed by atoms with Crippen molar-refractivity contribution in [1.82, 2.24) is 28.8 Å². The maximum atomic E-state index is 13.0. The summed E-state index contributed by atoms with van der Waals surface area (Å²) in [5.41, 5.74) is 0.254. The predicted octanol–water partition coefficient (Wildman–Crippen LogP) is 1.28. The van der Waals surface area contributed by atoms with Gasteiger partial charge in [0.15, 0.2) is 0 Å². The van der Waals surface area contributed by atoms with Gasteiger partial charge in [-0.05, 0) is 38.8 Å². The van der Waals surface area contributed by atoms with Gasteiger partial charge in [0, 0.05) is 32.1 Å². The summed E-state index contributed by atoms with van der Waals surface area (Å²) in [5.74, 6) is 0.582. The highest BCUT2D eigenvalue weighted by atomic mass is 16.2. The van der Waals surface area contributed by atoms with Crippen molar-refractivity contribution in [2.75, 3.05) is 13.1 Å². The number of fused-ring (bicyclic) bond motifs is 1. The molecule has 1 aliphatic rings. The maximum absolute atomic E-state index is 13.0. The van der Waals surface area contributed by atoms with Crippen molar-refractivity contribution in [1.29, 1.82) is 0 Å². The second-order valence-electron chi connectivity index (χ2n) is 8.10. The van der Waals surface area contributed by atoms with Crippen LogP contribution in [0.2, 0.25) is 0 Å². The fourth-order valence-corrected chi connectivity index (χ4v) is 4.14. The highest BCUT2D eigenvalue weighted by Gasteiger charge is 2.30. The Morgan fingerprint density at radius 2 is 2.00 bits per heavy atom. The van der Waals surface area contributed by atoms with Crippen LogP contribution in [0.1, 0.15) is 44.5 Å². The lowest BCUT2D eigenvalue weighted by atomic mass is 9.96. The van der Waals surface area contributed by atoms with Gasteiger partial charge in [-0.1, -0.05) is 12.1 Å². The number of carbonyl (C=O) groups is 1. The Hall–Kier alpha value is -3.23. The summed E-state index contributed by atoms with van der Waals surface area (Å²) < 4.78 is 4.42. The van der Waals surface area contributed by atoms with Crippen LogP contribution >= 0.6 is 0 Å². The summed E-state index contributed by atoms with van der Waals surface area (Å²) in [6, 6.07) is 7.10. The van der Waals surface area contributed by atoms with Crippen LogP contribution in [-0.4, -0.2) is 47.8 Å². The highest BCUT2D eigenvalue weighted by molar-refractivity contribution is 5.79. The molecule has 0 aliphatic carbocycles. The lowest BCUT2D eigenvalue weighted by molar-refractivity contribution is -0.133. The van der Waals surface area contributed by atoms with Crippen LogP contribution in [0.4, 0.5) is 0 Å². The summed E-state index contributed by atoms with van der Waals surface area (Å²) in [6.07, 6.45) is 3.12. The van der Waals surface area contributed by atoms with Crippen molar-refractivity contribution in [2.45, 2.75) is 45.2 Å². The van der Waals surface area contributed by atoms with Gasteiger partial charge in [-0.25, -0.2) is 14.5 Å². The van der Waals surface area contributed by atoms with Crippen molar-refractivity contribution in [3.05, 3.63) is 57.3 Å². The van der Waals surface area contributed by atoms with Gasteiger partial charge < -0.3 is 4.90 Å². The first-order chi connectivity index (χ1) is 14.4. The zero-order valence-electron chi connectivity index (χ0n) is 17.5. The first-order valence-corrected chi connectivity index (χ1v) is 10.2. The van der Waals surface area contributed by atoms with E-state index in [1.807, 2.05) is 19.9 Å². The molecule has 1 amide bonds. The summed E-state index contributed by atoms with van der Waals surface area (Å²) in [4.78, 5) is 44.1. The topological polar surface area (TPSA) is 95.0 Å². The first kappa shape index (κ1) is 20.1. The largest absolute Gasteiger partial charge is 0.345 e. The second-order valence-corrected chi connectivity index (χ2v) is 8.10. The molecule has 1 fully saturated rings. The monoisotopic (exact) mass is 410 g/mol. The van der Waals surface area contributed by atoms with Crippen LogP contribution in [0.5, 0.6) is 0 Å². The molecule has 158 valence electrons. The molecule has 0 N–H and O–H groups in total. The normalized spacial score (nSPS) is 17.1. The second kappa shape index (κ2) is 7.89. The van der Waals surface area contributed by atoms with Gasteiger partial charge in [0.25, 0.3) is 5.56 Å². The molecule has 2 aromatic heterocycles. The molecule has 0 radical (unpaired) electrons. The molecule has 30 heavy (non-hydrogen) atoms. The van der Waals surface area contributed by atoms with E-state index in [1.54, 1.807) is 34.7 Å². The van der Waals surface area contributed by atoms with Gasteiger partial charge in [-0.3, -0.25) is 18.7 Å². The van der Waals surface area contributed by atoms with Gasteiger partial charge >= 0.3 is 5.69 Å². The van der Waals surface area contributed by atoms with Crippen LogP contribution in [0.15, 0.2) is 40.2 Å². The van der Waals surface area contributed by atoms with Crippen LogP contribution in [0, 0.1) is 0 Å². The Morgan fingerprint density at radius 1 is 1.23 bits per heavy atom. The SMILES string of the molecule is CC(C)n1c(C2CCCN(C(=O)Cn3cnc4ccccc4c3=O)C2)nn(C)c1=O. The minimum atomic E-state index is -0.221. The fraction of sp³-hybridized carbons (Fsp3) is 0.476. The van der Waals surface area contributed by atoms with E-state index in [4.69, 9.17) is 0 Å². The van der Waals surface area contributed by atoms with E-state index in [0.29, 0.717) is 24.0 Å². The van der Waals surface area contributed by atoms with Crippen molar-refractivity contribution >= 4 is 16.8 Å². The number of benzene rings is 1. The van der Waals surface area contributed by atoms with Crippen LogP contribution < -0.4 is 11.2 Å². The van der Waals surface area contributed by atoms with Gasteiger partial charge in [-0.15, -0.1) is 0 Å². The van der Waals surface area contributed by atoms with Crippen LogP contribution in [-0.2, 0) is 18.4 Å². The Bertz CT molecular complexity index is 1210. The molecule has 1 aromatic carbocycles. The minimum Gasteiger partial charge on any atom is -0.340 e. The number of para-hydroxylation sites is 1. The minimum absolute atomic E-state index is 0.00507. The smallest absolute Gasteiger partial charge is 0.340 e. The number of hydrogen-bond acceptors (Lipinski definition) is 5. The van der Waals surface area contributed by atoms with E-state index in [1.165, 1.54) is 15.6 Å². The number of rotatable bonds is 4. The first-order valence-electron chi connectivity index (χ1n) is 10.2. The summed E-state index contributed by atoms with van der Waals surface area (Å²) >= 11 is 0. The molecule has 3 aromatic rings. The van der Waals surface area contributed by atoms with E-state index in [9.17, 15) is 14.4 Å². The Labute approximate surface area is 173 Å². The number of aromatic nitrogens is 5. The molecule has 0 spiro atoms. The molecule has 9 nitrogen and oxygen atoms in total. The van der Waals surface area contributed by atoms with Gasteiger partial charge in [-0.2, -0.15) is 5.10 Å². The molecule has 1 unspecified atom stereocenters. The molecule has 0 bridgehead atoms. The average molecular weight is 410 g/mol. The zero-order chi connectivity index (χ0) is 21.4. The van der Waals surface area contributed by atoms with Gasteiger partial charge in [0.05, 0.1) is 17.2 Å².